The Morgan fingerprint density at radius 1 is 1.48 bits per heavy atom. The maximum atomic E-state index is 12.2. The van der Waals surface area contributed by atoms with Gasteiger partial charge in [0.1, 0.15) is 31.6 Å². The molecule has 3 N–H and O–H groups in total. The fourth-order valence-corrected chi connectivity index (χ4v) is 2.40. The van der Waals surface area contributed by atoms with Gasteiger partial charge in [-0.15, -0.1) is 0 Å². The van der Waals surface area contributed by atoms with Crippen LogP contribution >= 0.6 is 0 Å². The van der Waals surface area contributed by atoms with Crippen LogP contribution in [-0.2, 0) is 20.7 Å². The minimum absolute atomic E-state index is 0.127. The Hall–Kier alpha value is -2.26. The third-order valence-corrected chi connectivity index (χ3v) is 3.92. The average Bonchev–Trinajstić information content (AvgIpc) is 3.14. The van der Waals surface area contributed by atoms with Gasteiger partial charge in [0.05, 0.1) is 26.8 Å². The maximum absolute atomic E-state index is 12.2. The zero-order valence-electron chi connectivity index (χ0n) is 14.9. The Labute approximate surface area is 146 Å². The number of nitrogens with one attached hydrogen (secondary N) is 1. The summed E-state index contributed by atoms with van der Waals surface area (Å²) in [6.07, 6.45) is 3.91. The second-order valence-electron chi connectivity index (χ2n) is 7.26. The van der Waals surface area contributed by atoms with E-state index in [0.29, 0.717) is 36.2 Å². The summed E-state index contributed by atoms with van der Waals surface area (Å²) in [4.78, 5) is 39.5. The number of nitrogens with zero attached hydrogens (tertiary/aromatic N) is 3. The van der Waals surface area contributed by atoms with Crippen LogP contribution in [0.3, 0.4) is 0 Å². The van der Waals surface area contributed by atoms with Crippen LogP contribution in [-0.4, -0.2) is 78.2 Å². The molecule has 0 bridgehead atoms. The molecule has 2 atom stereocenters. The molecule has 25 heavy (non-hydrogen) atoms. The number of amides is 1. The van der Waals surface area contributed by atoms with E-state index in [1.165, 1.54) is 17.1 Å². The van der Waals surface area contributed by atoms with Gasteiger partial charge >= 0.3 is 5.97 Å². The van der Waals surface area contributed by atoms with Crippen molar-refractivity contribution >= 4 is 17.8 Å². The van der Waals surface area contributed by atoms with Gasteiger partial charge in [0.15, 0.2) is 0 Å². The number of hydrogen-bond acceptors (Lipinski definition) is 6. The van der Waals surface area contributed by atoms with Crippen molar-refractivity contribution in [3.63, 3.8) is 0 Å². The molecule has 0 radical (unpaired) electrons. The van der Waals surface area contributed by atoms with Gasteiger partial charge in [-0.25, -0.2) is 4.98 Å². The highest BCUT2D eigenvalue weighted by molar-refractivity contribution is 5.92. The van der Waals surface area contributed by atoms with Crippen molar-refractivity contribution in [2.75, 3.05) is 34.3 Å². The lowest BCUT2D eigenvalue weighted by Crippen LogP contribution is -2.40. The molecule has 0 aliphatic carbocycles. The van der Waals surface area contributed by atoms with Gasteiger partial charge in [-0.1, -0.05) is 0 Å². The van der Waals surface area contributed by atoms with E-state index >= 15 is 0 Å². The van der Waals surface area contributed by atoms with E-state index in [1.54, 1.807) is 0 Å². The number of carbonyl (C=O) groups excluding carboxylic acids is 3. The van der Waals surface area contributed by atoms with Crippen LogP contribution in [0.2, 0.25) is 0 Å². The Balaban J connectivity index is 1.84. The number of quaternary nitrogens is 1. The number of esters is 1. The molecule has 138 valence electrons. The minimum atomic E-state index is -0.836. The fourth-order valence-electron chi connectivity index (χ4n) is 2.40. The van der Waals surface area contributed by atoms with Crippen molar-refractivity contribution in [1.29, 1.82) is 0 Å². The summed E-state index contributed by atoms with van der Waals surface area (Å²) < 4.78 is 7.18. The molecule has 1 aromatic rings. The van der Waals surface area contributed by atoms with Crippen molar-refractivity contribution in [2.24, 2.45) is 5.73 Å². The molecule has 1 saturated heterocycles. The molecule has 0 spiro atoms. The highest BCUT2D eigenvalue weighted by atomic mass is 16.5. The molecule has 0 unspecified atom stereocenters. The lowest BCUT2D eigenvalue weighted by molar-refractivity contribution is -0.870. The van der Waals surface area contributed by atoms with E-state index in [2.05, 4.69) is 10.3 Å². The van der Waals surface area contributed by atoms with Crippen molar-refractivity contribution in [3.05, 3.63) is 18.2 Å². The van der Waals surface area contributed by atoms with Gasteiger partial charge < -0.3 is 20.3 Å². The Morgan fingerprint density at radius 2 is 2.20 bits per heavy atom. The van der Waals surface area contributed by atoms with Crippen molar-refractivity contribution < 1.29 is 23.6 Å². The number of imidazole rings is 1. The summed E-state index contributed by atoms with van der Waals surface area (Å²) in [6, 6.07) is -1.36. The molecule has 1 aliphatic heterocycles. The SMILES string of the molecule is C[N+](C)(C)CCOC(=O)[C@@H](N)Cc1cn(C(=O)[C@@H]2CCC(=O)N2)cn1. The van der Waals surface area contributed by atoms with Crippen molar-refractivity contribution in [3.8, 4) is 0 Å². The van der Waals surface area contributed by atoms with E-state index in [-0.39, 0.29) is 18.2 Å². The fraction of sp³-hybridized carbons (Fsp3) is 0.625. The molecule has 9 nitrogen and oxygen atoms in total. The smallest absolute Gasteiger partial charge is 0.323 e. The molecular formula is C16H26N5O4+. The molecule has 2 heterocycles. The number of rotatable bonds is 7. The van der Waals surface area contributed by atoms with E-state index in [4.69, 9.17) is 10.5 Å². The largest absolute Gasteiger partial charge is 0.459 e. The summed E-state index contributed by atoms with van der Waals surface area (Å²) >= 11 is 0. The summed E-state index contributed by atoms with van der Waals surface area (Å²) in [5.41, 5.74) is 6.38. The molecule has 2 rings (SSSR count). The highest BCUT2D eigenvalue weighted by Gasteiger charge is 2.28. The summed E-state index contributed by atoms with van der Waals surface area (Å²) in [6.45, 7) is 0.985. The van der Waals surface area contributed by atoms with E-state index < -0.39 is 18.1 Å². The van der Waals surface area contributed by atoms with Gasteiger partial charge in [0.25, 0.3) is 5.91 Å². The second-order valence-corrected chi connectivity index (χ2v) is 7.26. The van der Waals surface area contributed by atoms with Crippen LogP contribution in [0.1, 0.15) is 23.3 Å². The predicted molar refractivity (Wildman–Crippen MR) is 89.6 cm³/mol. The van der Waals surface area contributed by atoms with Crippen LogP contribution in [0, 0.1) is 0 Å². The monoisotopic (exact) mass is 352 g/mol. The molecule has 1 aliphatic rings. The Kier molecular flexibility index (Phi) is 5.91. The number of carbonyl (C=O) groups is 3. The minimum Gasteiger partial charge on any atom is -0.459 e. The van der Waals surface area contributed by atoms with Gasteiger partial charge in [-0.3, -0.25) is 19.0 Å². The third kappa shape index (κ3) is 5.64. The van der Waals surface area contributed by atoms with Crippen LogP contribution < -0.4 is 11.1 Å². The molecule has 0 saturated carbocycles. The lowest BCUT2D eigenvalue weighted by atomic mass is 10.2. The number of nitrogens with two attached hydrogens (primary N) is 1. The zero-order chi connectivity index (χ0) is 18.6. The summed E-state index contributed by atoms with van der Waals surface area (Å²) in [5, 5.41) is 2.62. The average molecular weight is 352 g/mol. The summed E-state index contributed by atoms with van der Waals surface area (Å²) in [5.74, 6) is -0.863. The van der Waals surface area contributed by atoms with Gasteiger partial charge in [-0.05, 0) is 6.42 Å². The first-order valence-electron chi connectivity index (χ1n) is 8.25. The molecular weight excluding hydrogens is 326 g/mol. The van der Waals surface area contributed by atoms with Gasteiger partial charge in [0.2, 0.25) is 5.91 Å². The maximum Gasteiger partial charge on any atom is 0.323 e. The van der Waals surface area contributed by atoms with Crippen LogP contribution in [0.4, 0.5) is 0 Å². The van der Waals surface area contributed by atoms with E-state index in [1.807, 2.05) is 21.1 Å². The van der Waals surface area contributed by atoms with Crippen molar-refractivity contribution in [1.82, 2.24) is 14.9 Å². The first kappa shape index (κ1) is 19.1. The van der Waals surface area contributed by atoms with Gasteiger partial charge in [0, 0.05) is 19.0 Å². The number of aromatic nitrogens is 2. The Morgan fingerprint density at radius 3 is 2.80 bits per heavy atom. The highest BCUT2D eigenvalue weighted by Crippen LogP contribution is 2.10. The number of likely N-dealkylation sites (N-methyl/N-ethyl adjacent to an activating group) is 1. The van der Waals surface area contributed by atoms with Crippen molar-refractivity contribution in [2.45, 2.75) is 31.3 Å². The normalized spacial score (nSPS) is 18.7. The zero-order valence-corrected chi connectivity index (χ0v) is 14.9. The second kappa shape index (κ2) is 7.75. The van der Waals surface area contributed by atoms with Crippen LogP contribution in [0.5, 0.6) is 0 Å². The van der Waals surface area contributed by atoms with E-state index in [9.17, 15) is 14.4 Å². The Bertz CT molecular complexity index is 649. The first-order valence-corrected chi connectivity index (χ1v) is 8.25. The van der Waals surface area contributed by atoms with Crippen LogP contribution in [0.25, 0.3) is 0 Å². The third-order valence-electron chi connectivity index (χ3n) is 3.92. The molecule has 9 heteroatoms. The predicted octanol–water partition coefficient (Wildman–Crippen LogP) is -1.08. The van der Waals surface area contributed by atoms with E-state index in [0.717, 1.165) is 0 Å². The summed E-state index contributed by atoms with van der Waals surface area (Å²) in [7, 11) is 6.01. The molecule has 1 fully saturated rings. The van der Waals surface area contributed by atoms with Crippen LogP contribution in [0.15, 0.2) is 12.5 Å². The molecule has 0 aromatic carbocycles. The standard InChI is InChI=1S/C16H25N5O4/c1-21(2,3)6-7-25-16(24)12(17)8-11-9-20(10-18-11)15(23)13-4-5-14(22)19-13/h9-10,12-13H,4-8,17H2,1-3H3/p+1/t12-,13-/m0/s1. The molecule has 1 amide bonds. The lowest BCUT2D eigenvalue weighted by Gasteiger charge is -2.23. The number of hydrogen-bond donors (Lipinski definition) is 2. The number of ether oxygens (including phenoxy) is 1. The van der Waals surface area contributed by atoms with Gasteiger partial charge in [-0.2, -0.15) is 0 Å². The first-order chi connectivity index (χ1) is 11.7. The topological polar surface area (TPSA) is 116 Å². The quantitative estimate of drug-likeness (QED) is 0.476. The molecule has 1 aromatic heterocycles.